The van der Waals surface area contributed by atoms with Crippen LogP contribution in [0.5, 0.6) is 0 Å². The molecule has 0 bridgehead atoms. The molecule has 4 aromatic rings. The van der Waals surface area contributed by atoms with Crippen molar-refractivity contribution in [2.75, 3.05) is 18.0 Å². The van der Waals surface area contributed by atoms with Crippen molar-refractivity contribution < 1.29 is 19.4 Å². The van der Waals surface area contributed by atoms with Crippen molar-refractivity contribution in [1.29, 1.82) is 0 Å². The molecule has 1 unspecified atom stereocenters. The highest BCUT2D eigenvalue weighted by Crippen LogP contribution is 2.48. The number of nitrogens with zero attached hydrogens (tertiary/aromatic N) is 4. The van der Waals surface area contributed by atoms with Gasteiger partial charge in [-0.3, -0.25) is 25.0 Å². The zero-order valence-corrected chi connectivity index (χ0v) is 25.2. The van der Waals surface area contributed by atoms with Gasteiger partial charge in [0.25, 0.3) is 17.3 Å². The van der Waals surface area contributed by atoms with Crippen molar-refractivity contribution in [3.05, 3.63) is 133 Å². The second-order valence-electron chi connectivity index (χ2n) is 10.1. The number of carbonyl (C=O) groups is 2. The van der Waals surface area contributed by atoms with Crippen LogP contribution in [0.15, 0.2) is 112 Å². The summed E-state index contributed by atoms with van der Waals surface area (Å²) in [4.78, 5) is 54.6. The van der Waals surface area contributed by atoms with Crippen LogP contribution in [0, 0.1) is 20.2 Å². The average molecular weight is 640 g/mol. The van der Waals surface area contributed by atoms with Crippen LogP contribution in [0.25, 0.3) is 6.08 Å². The van der Waals surface area contributed by atoms with Gasteiger partial charge in [-0.2, -0.15) is 0 Å². The molecule has 1 saturated heterocycles. The summed E-state index contributed by atoms with van der Waals surface area (Å²) < 4.78 is 0. The molecule has 0 aromatic heterocycles. The standard InChI is InChI=1S/C32H25N5O6S2/c38-30-29(19-21-8-5-10-23(18-21)36(40)41)45-31(22-9-6-11-24(20-22)37(42)43)35(30)32(39)33-16-7-17-34-25-12-1-3-14-27(25)44-28-15-4-2-13-26(28)34/h1-6,8-15,18-20,31H,7,16-17H2,(H,33,39)/b29-19+. The molecule has 13 heteroatoms. The minimum Gasteiger partial charge on any atom is -0.340 e. The van der Waals surface area contributed by atoms with Crippen LogP contribution in [0.3, 0.4) is 0 Å². The van der Waals surface area contributed by atoms with Crippen molar-refractivity contribution in [2.24, 2.45) is 0 Å². The number of nitrogens with one attached hydrogen (secondary N) is 1. The molecule has 0 spiro atoms. The Hall–Kier alpha value is -5.14. The summed E-state index contributed by atoms with van der Waals surface area (Å²) in [5.41, 5.74) is 2.68. The highest BCUT2D eigenvalue weighted by Gasteiger charge is 2.41. The van der Waals surface area contributed by atoms with Gasteiger partial charge < -0.3 is 10.2 Å². The van der Waals surface area contributed by atoms with Gasteiger partial charge in [0.2, 0.25) is 0 Å². The molecule has 0 saturated carbocycles. The van der Waals surface area contributed by atoms with E-state index in [1.165, 1.54) is 42.5 Å². The second kappa shape index (κ2) is 12.8. The number of imide groups is 1. The number of urea groups is 1. The van der Waals surface area contributed by atoms with E-state index in [1.54, 1.807) is 23.9 Å². The molecule has 0 aliphatic carbocycles. The van der Waals surface area contributed by atoms with Gasteiger partial charge in [0.15, 0.2) is 0 Å². The van der Waals surface area contributed by atoms with E-state index in [-0.39, 0.29) is 22.8 Å². The first-order valence-corrected chi connectivity index (χ1v) is 15.6. The summed E-state index contributed by atoms with van der Waals surface area (Å²) in [6.07, 6.45) is 2.06. The smallest absolute Gasteiger partial charge is 0.325 e. The summed E-state index contributed by atoms with van der Waals surface area (Å²) in [7, 11) is 0. The van der Waals surface area contributed by atoms with Crippen LogP contribution in [-0.2, 0) is 4.79 Å². The van der Waals surface area contributed by atoms with Gasteiger partial charge in [0, 0.05) is 47.1 Å². The average Bonchev–Trinajstić information content (AvgIpc) is 3.37. The van der Waals surface area contributed by atoms with Crippen LogP contribution >= 0.6 is 23.5 Å². The van der Waals surface area contributed by atoms with Crippen molar-refractivity contribution in [1.82, 2.24) is 10.2 Å². The van der Waals surface area contributed by atoms with Crippen molar-refractivity contribution in [3.63, 3.8) is 0 Å². The number of nitro benzene ring substituents is 2. The molecule has 1 fully saturated rings. The molecule has 0 radical (unpaired) electrons. The number of rotatable bonds is 8. The fourth-order valence-corrected chi connectivity index (χ4v) is 7.49. The van der Waals surface area contributed by atoms with Crippen molar-refractivity contribution in [2.45, 2.75) is 21.6 Å². The molecule has 11 nitrogen and oxygen atoms in total. The quantitative estimate of drug-likeness (QED) is 0.0897. The fourth-order valence-electron chi connectivity index (χ4n) is 5.17. The second-order valence-corrected chi connectivity index (χ2v) is 12.3. The summed E-state index contributed by atoms with van der Waals surface area (Å²) in [5, 5.41) is 24.7. The summed E-state index contributed by atoms with van der Waals surface area (Å²) in [5.74, 6) is -0.601. The van der Waals surface area contributed by atoms with Gasteiger partial charge in [-0.1, -0.05) is 72.1 Å². The zero-order chi connectivity index (χ0) is 31.5. The first-order chi connectivity index (χ1) is 21.8. The number of hydrogen-bond acceptors (Lipinski definition) is 9. The maximum Gasteiger partial charge on any atom is 0.325 e. The third kappa shape index (κ3) is 6.26. The molecule has 1 N–H and O–H groups in total. The molecule has 45 heavy (non-hydrogen) atoms. The van der Waals surface area contributed by atoms with E-state index in [2.05, 4.69) is 34.5 Å². The number of fused-ring (bicyclic) bond motifs is 2. The van der Waals surface area contributed by atoms with Gasteiger partial charge in [-0.15, -0.1) is 0 Å². The van der Waals surface area contributed by atoms with E-state index < -0.39 is 27.2 Å². The normalized spacial score (nSPS) is 16.3. The first kappa shape index (κ1) is 29.9. The monoisotopic (exact) mass is 639 g/mol. The van der Waals surface area contributed by atoms with Crippen LogP contribution in [0.2, 0.25) is 0 Å². The van der Waals surface area contributed by atoms with Gasteiger partial charge in [0.05, 0.1) is 26.1 Å². The van der Waals surface area contributed by atoms with E-state index in [0.29, 0.717) is 24.1 Å². The highest BCUT2D eigenvalue weighted by molar-refractivity contribution is 8.04. The Bertz CT molecular complexity index is 1820. The minimum atomic E-state index is -0.875. The Labute approximate surface area is 266 Å². The summed E-state index contributed by atoms with van der Waals surface area (Å²) >= 11 is 2.77. The van der Waals surface area contributed by atoms with Gasteiger partial charge >= 0.3 is 6.03 Å². The lowest BCUT2D eigenvalue weighted by atomic mass is 10.1. The SMILES string of the molecule is O=C(NCCCN1c2ccccc2Sc2ccccc21)N1C(=O)/C(=C\c2cccc([N+](=O)[O-])c2)SC1c1cccc([N+](=O)[O-])c1. The molecule has 2 heterocycles. The number of non-ortho nitro benzene ring substituents is 2. The molecule has 1 atom stereocenters. The lowest BCUT2D eigenvalue weighted by Gasteiger charge is -2.32. The van der Waals surface area contributed by atoms with E-state index in [4.69, 9.17) is 0 Å². The summed E-state index contributed by atoms with van der Waals surface area (Å²) in [6, 6.07) is 27.2. The molecule has 6 rings (SSSR count). The number of amides is 3. The predicted molar refractivity (Wildman–Crippen MR) is 173 cm³/mol. The van der Waals surface area contributed by atoms with Gasteiger partial charge in [-0.05, 0) is 47.9 Å². The van der Waals surface area contributed by atoms with Crippen molar-refractivity contribution >= 4 is 64.3 Å². The van der Waals surface area contributed by atoms with Crippen LogP contribution in [0.1, 0.15) is 22.9 Å². The number of benzene rings is 4. The van der Waals surface area contributed by atoms with E-state index in [0.717, 1.165) is 37.8 Å². The van der Waals surface area contributed by atoms with E-state index >= 15 is 0 Å². The Morgan fingerprint density at radius 3 is 2.13 bits per heavy atom. The first-order valence-electron chi connectivity index (χ1n) is 13.9. The lowest BCUT2D eigenvalue weighted by molar-refractivity contribution is -0.385. The Morgan fingerprint density at radius 1 is 0.844 bits per heavy atom. The predicted octanol–water partition coefficient (Wildman–Crippen LogP) is 7.52. The molecular formula is C32H25N5O6S2. The molecule has 4 aromatic carbocycles. The third-order valence-electron chi connectivity index (χ3n) is 7.23. The van der Waals surface area contributed by atoms with Gasteiger partial charge in [0.1, 0.15) is 5.37 Å². The summed E-state index contributed by atoms with van der Waals surface area (Å²) in [6.45, 7) is 0.886. The molecule has 2 aliphatic heterocycles. The third-order valence-corrected chi connectivity index (χ3v) is 9.62. The van der Waals surface area contributed by atoms with E-state index in [1.807, 2.05) is 24.3 Å². The van der Waals surface area contributed by atoms with Crippen LogP contribution < -0.4 is 10.2 Å². The Balaban J connectivity index is 1.21. The molecule has 2 aliphatic rings. The zero-order valence-electron chi connectivity index (χ0n) is 23.6. The van der Waals surface area contributed by atoms with Crippen LogP contribution in [0.4, 0.5) is 27.5 Å². The largest absolute Gasteiger partial charge is 0.340 e. The van der Waals surface area contributed by atoms with E-state index in [9.17, 15) is 29.8 Å². The van der Waals surface area contributed by atoms with Gasteiger partial charge in [-0.25, -0.2) is 9.69 Å². The van der Waals surface area contributed by atoms with Crippen molar-refractivity contribution in [3.8, 4) is 0 Å². The number of carbonyl (C=O) groups excluding carboxylic acids is 2. The highest BCUT2D eigenvalue weighted by atomic mass is 32.2. The lowest BCUT2D eigenvalue weighted by Crippen LogP contribution is -2.42. The maximum atomic E-state index is 13.6. The minimum absolute atomic E-state index is 0.137. The molecular weight excluding hydrogens is 615 g/mol. The number of para-hydroxylation sites is 2. The molecule has 3 amide bonds. The number of anilines is 2. The molecule has 226 valence electrons. The maximum absolute atomic E-state index is 13.6. The number of nitro groups is 2. The number of thioether (sulfide) groups is 1. The number of hydrogen-bond donors (Lipinski definition) is 1. The van der Waals surface area contributed by atoms with Crippen LogP contribution in [-0.4, -0.2) is 39.8 Å². The Morgan fingerprint density at radius 2 is 1.47 bits per heavy atom. The fraction of sp³-hybridized carbons (Fsp3) is 0.125. The Kier molecular flexibility index (Phi) is 8.54. The topological polar surface area (TPSA) is 139 Å².